The number of aliphatic hydroxyl groups is 1. The Bertz CT molecular complexity index is 581. The van der Waals surface area contributed by atoms with Gasteiger partial charge >= 0.3 is 0 Å². The van der Waals surface area contributed by atoms with Crippen molar-refractivity contribution >= 4 is 0 Å². The lowest BCUT2D eigenvalue weighted by atomic mass is 9.60. The molecule has 0 heterocycles. The summed E-state index contributed by atoms with van der Waals surface area (Å²) in [7, 11) is 0. The lowest BCUT2D eigenvalue weighted by Gasteiger charge is -2.44. The molecule has 5 atom stereocenters. The molecule has 1 N–H and O–H groups in total. The Morgan fingerprint density at radius 2 is 1.85 bits per heavy atom. The topological polar surface area (TPSA) is 20.2 Å². The van der Waals surface area contributed by atoms with Gasteiger partial charge in [0.05, 0.1) is 6.10 Å². The van der Waals surface area contributed by atoms with Crippen LogP contribution in [0.4, 0.5) is 0 Å². The number of allylic oxidation sites excluding steroid dienone is 5. The van der Waals surface area contributed by atoms with Crippen LogP contribution in [0, 0.1) is 23.2 Å². The molecule has 27 heavy (non-hydrogen) atoms. The van der Waals surface area contributed by atoms with Gasteiger partial charge in [-0.25, -0.2) is 0 Å². The summed E-state index contributed by atoms with van der Waals surface area (Å²) in [5, 5.41) is 9.57. The van der Waals surface area contributed by atoms with Gasteiger partial charge in [-0.15, -0.1) is 0 Å². The molecule has 152 valence electrons. The number of aliphatic hydroxyl groups excluding tert-OH is 1. The van der Waals surface area contributed by atoms with Gasteiger partial charge in [-0.05, 0) is 99.9 Å². The Kier molecular flexibility index (Phi) is 7.06. The standard InChI is InChI=1S/C26H42O/c1-19-9-5-6-12-22(19)14-15-23-13-8-18-26(4)24(16-17-25(23)26)20(2)10-7-11-21(3)27/h14-15,20-21,24-25,27H,1,5-13,16-18H2,2-4H3/b22-14-,23-15+/t20-,21?,24?,25?,26-/m1/s1. The summed E-state index contributed by atoms with van der Waals surface area (Å²) in [6, 6.07) is 0. The molecule has 0 saturated heterocycles. The van der Waals surface area contributed by atoms with E-state index in [1.165, 1.54) is 81.8 Å². The van der Waals surface area contributed by atoms with E-state index in [0.29, 0.717) is 5.41 Å². The first-order chi connectivity index (χ1) is 12.9. The second-order valence-corrected chi connectivity index (χ2v) is 10.1. The highest BCUT2D eigenvalue weighted by atomic mass is 16.3. The summed E-state index contributed by atoms with van der Waals surface area (Å²) in [6.07, 6.45) is 20.2. The van der Waals surface area contributed by atoms with Crippen molar-refractivity contribution in [3.8, 4) is 0 Å². The van der Waals surface area contributed by atoms with Crippen LogP contribution in [-0.2, 0) is 0 Å². The van der Waals surface area contributed by atoms with Gasteiger partial charge in [0.15, 0.2) is 0 Å². The van der Waals surface area contributed by atoms with Gasteiger partial charge in [-0.1, -0.05) is 56.6 Å². The maximum absolute atomic E-state index is 9.57. The Balaban J connectivity index is 1.69. The summed E-state index contributed by atoms with van der Waals surface area (Å²) >= 11 is 0. The van der Waals surface area contributed by atoms with Crippen LogP contribution in [0.15, 0.2) is 35.5 Å². The van der Waals surface area contributed by atoms with Crippen LogP contribution < -0.4 is 0 Å². The fraction of sp³-hybridized carbons (Fsp3) is 0.769. The molecule has 0 amide bonds. The van der Waals surface area contributed by atoms with Crippen molar-refractivity contribution in [2.75, 3.05) is 0 Å². The largest absolute Gasteiger partial charge is 0.393 e. The molecule has 3 aliphatic rings. The summed E-state index contributed by atoms with van der Waals surface area (Å²) in [5.74, 6) is 2.44. The first-order valence-corrected chi connectivity index (χ1v) is 11.7. The Hall–Kier alpha value is -0.820. The van der Waals surface area contributed by atoms with Crippen LogP contribution in [0.1, 0.15) is 97.8 Å². The third-order valence-electron chi connectivity index (χ3n) is 8.13. The van der Waals surface area contributed by atoms with Gasteiger partial charge in [0.25, 0.3) is 0 Å². The second-order valence-electron chi connectivity index (χ2n) is 10.1. The molecule has 1 nitrogen and oxygen atoms in total. The zero-order valence-corrected chi connectivity index (χ0v) is 18.1. The van der Waals surface area contributed by atoms with Crippen molar-refractivity contribution in [1.82, 2.24) is 0 Å². The molecule has 0 radical (unpaired) electrons. The molecule has 3 unspecified atom stereocenters. The molecule has 3 fully saturated rings. The number of hydrogen-bond donors (Lipinski definition) is 1. The number of rotatable bonds is 6. The van der Waals surface area contributed by atoms with Gasteiger partial charge in [0.1, 0.15) is 0 Å². The predicted molar refractivity (Wildman–Crippen MR) is 117 cm³/mol. The second kappa shape index (κ2) is 9.12. The third kappa shape index (κ3) is 4.78. The molecule has 0 bridgehead atoms. The monoisotopic (exact) mass is 370 g/mol. The third-order valence-corrected chi connectivity index (χ3v) is 8.13. The Labute approximate surface area is 168 Å². The zero-order valence-electron chi connectivity index (χ0n) is 18.1. The molecule has 3 rings (SSSR count). The summed E-state index contributed by atoms with van der Waals surface area (Å²) in [6.45, 7) is 11.3. The van der Waals surface area contributed by atoms with Crippen molar-refractivity contribution in [3.05, 3.63) is 35.5 Å². The van der Waals surface area contributed by atoms with Crippen molar-refractivity contribution in [1.29, 1.82) is 0 Å². The van der Waals surface area contributed by atoms with Crippen LogP contribution in [0.5, 0.6) is 0 Å². The van der Waals surface area contributed by atoms with E-state index in [2.05, 4.69) is 32.6 Å². The maximum atomic E-state index is 9.57. The SMILES string of the molecule is C=C1CCCC/C1=C/C=C1\CCC[C@@]2(C)C1CCC2[C@H](C)CCCC(C)O. The van der Waals surface area contributed by atoms with E-state index in [1.807, 2.05) is 6.92 Å². The molecule has 0 spiro atoms. The Morgan fingerprint density at radius 1 is 1.07 bits per heavy atom. The molecule has 3 aliphatic carbocycles. The van der Waals surface area contributed by atoms with E-state index in [1.54, 1.807) is 5.57 Å². The van der Waals surface area contributed by atoms with Crippen LogP contribution >= 0.6 is 0 Å². The molecular weight excluding hydrogens is 328 g/mol. The van der Waals surface area contributed by atoms with Crippen LogP contribution in [0.25, 0.3) is 0 Å². The van der Waals surface area contributed by atoms with E-state index in [-0.39, 0.29) is 6.10 Å². The molecule has 0 aliphatic heterocycles. The van der Waals surface area contributed by atoms with Crippen molar-refractivity contribution in [2.45, 2.75) is 104 Å². The van der Waals surface area contributed by atoms with Gasteiger partial charge in [0.2, 0.25) is 0 Å². The van der Waals surface area contributed by atoms with Crippen molar-refractivity contribution < 1.29 is 5.11 Å². The van der Waals surface area contributed by atoms with Crippen molar-refractivity contribution in [2.24, 2.45) is 23.2 Å². The number of hydrogen-bond acceptors (Lipinski definition) is 1. The van der Waals surface area contributed by atoms with Gasteiger partial charge in [-0.2, -0.15) is 0 Å². The summed E-state index contributed by atoms with van der Waals surface area (Å²) in [4.78, 5) is 0. The minimum atomic E-state index is -0.143. The average molecular weight is 371 g/mol. The first-order valence-electron chi connectivity index (χ1n) is 11.7. The van der Waals surface area contributed by atoms with E-state index in [9.17, 15) is 5.11 Å². The molecule has 0 aromatic heterocycles. The smallest absolute Gasteiger partial charge is 0.0512 e. The first kappa shape index (κ1) is 20.9. The zero-order chi connectivity index (χ0) is 19.4. The fourth-order valence-electron chi connectivity index (χ4n) is 6.55. The van der Waals surface area contributed by atoms with Crippen molar-refractivity contribution in [3.63, 3.8) is 0 Å². The van der Waals surface area contributed by atoms with Gasteiger partial charge in [-0.3, -0.25) is 0 Å². The molecular formula is C26H42O. The fourth-order valence-corrected chi connectivity index (χ4v) is 6.55. The molecule has 3 saturated carbocycles. The van der Waals surface area contributed by atoms with Crippen LogP contribution in [0.2, 0.25) is 0 Å². The lowest BCUT2D eigenvalue weighted by Crippen LogP contribution is -2.36. The molecule has 1 heteroatoms. The quantitative estimate of drug-likeness (QED) is 0.517. The maximum Gasteiger partial charge on any atom is 0.0512 e. The Morgan fingerprint density at radius 3 is 2.59 bits per heavy atom. The summed E-state index contributed by atoms with van der Waals surface area (Å²) < 4.78 is 0. The number of fused-ring (bicyclic) bond motifs is 1. The molecule has 0 aromatic carbocycles. The normalized spacial score (nSPS) is 36.8. The molecule has 0 aromatic rings. The highest BCUT2D eigenvalue weighted by molar-refractivity contribution is 5.35. The predicted octanol–water partition coefficient (Wildman–Crippen LogP) is 7.37. The van der Waals surface area contributed by atoms with Crippen LogP contribution in [-0.4, -0.2) is 11.2 Å². The average Bonchev–Trinajstić information content (AvgIpc) is 2.98. The van der Waals surface area contributed by atoms with Gasteiger partial charge < -0.3 is 5.11 Å². The highest BCUT2D eigenvalue weighted by Crippen LogP contribution is 2.59. The summed E-state index contributed by atoms with van der Waals surface area (Å²) in [5.41, 5.74) is 5.12. The minimum Gasteiger partial charge on any atom is -0.393 e. The van der Waals surface area contributed by atoms with Crippen LogP contribution in [0.3, 0.4) is 0 Å². The van der Waals surface area contributed by atoms with E-state index in [4.69, 9.17) is 0 Å². The van der Waals surface area contributed by atoms with E-state index >= 15 is 0 Å². The van der Waals surface area contributed by atoms with Gasteiger partial charge in [0, 0.05) is 0 Å². The van der Waals surface area contributed by atoms with E-state index in [0.717, 1.165) is 24.2 Å². The minimum absolute atomic E-state index is 0.143. The van der Waals surface area contributed by atoms with E-state index < -0.39 is 0 Å². The lowest BCUT2D eigenvalue weighted by molar-refractivity contribution is 0.0907. The highest BCUT2D eigenvalue weighted by Gasteiger charge is 2.50.